The van der Waals surface area contributed by atoms with Crippen LogP contribution in [0.3, 0.4) is 0 Å². The molecule has 0 fully saturated rings. The minimum absolute atomic E-state index is 0.0487. The Balaban J connectivity index is 1.79. The summed E-state index contributed by atoms with van der Waals surface area (Å²) in [5.74, 6) is 1.15. The number of benzene rings is 1. The minimum Gasteiger partial charge on any atom is -0.355 e. The molecule has 0 aliphatic rings. The zero-order valence-corrected chi connectivity index (χ0v) is 15.8. The number of carbonyl (C=O) groups excluding carboxylic acids is 1. The van der Waals surface area contributed by atoms with Crippen molar-refractivity contribution in [1.82, 2.24) is 15.2 Å². The predicted octanol–water partition coefficient (Wildman–Crippen LogP) is 2.84. The van der Waals surface area contributed by atoms with E-state index in [1.54, 1.807) is 7.05 Å². The van der Waals surface area contributed by atoms with Gasteiger partial charge in [-0.1, -0.05) is 26.0 Å². The van der Waals surface area contributed by atoms with Gasteiger partial charge in [-0.2, -0.15) is 0 Å². The summed E-state index contributed by atoms with van der Waals surface area (Å²) in [5, 5.41) is 9.54. The van der Waals surface area contributed by atoms with Crippen molar-refractivity contribution in [2.45, 2.75) is 33.4 Å². The van der Waals surface area contributed by atoms with Crippen LogP contribution in [0.25, 0.3) is 0 Å². The molecule has 0 unspecified atom stereocenters. The Morgan fingerprint density at radius 1 is 1.15 bits per heavy atom. The fourth-order valence-electron chi connectivity index (χ4n) is 2.57. The van der Waals surface area contributed by atoms with E-state index in [9.17, 15) is 4.79 Å². The lowest BCUT2D eigenvalue weighted by atomic mass is 10.1. The van der Waals surface area contributed by atoms with Crippen LogP contribution in [-0.2, 0) is 17.9 Å². The van der Waals surface area contributed by atoms with Crippen LogP contribution in [0.15, 0.2) is 53.8 Å². The van der Waals surface area contributed by atoms with Crippen molar-refractivity contribution in [3.8, 4) is 0 Å². The number of aliphatic imine (C=N–C) groups is 1. The molecular formula is C20H29N5O. The van der Waals surface area contributed by atoms with Gasteiger partial charge in [-0.3, -0.25) is 9.79 Å². The number of carbonyl (C=O) groups is 1. The van der Waals surface area contributed by atoms with Gasteiger partial charge < -0.3 is 20.5 Å². The molecule has 1 amide bonds. The summed E-state index contributed by atoms with van der Waals surface area (Å²) in [6.45, 7) is 6.38. The first-order valence-corrected chi connectivity index (χ1v) is 9.01. The van der Waals surface area contributed by atoms with Crippen LogP contribution < -0.4 is 16.0 Å². The molecule has 26 heavy (non-hydrogen) atoms. The van der Waals surface area contributed by atoms with E-state index in [-0.39, 0.29) is 5.91 Å². The van der Waals surface area contributed by atoms with Gasteiger partial charge in [-0.15, -0.1) is 0 Å². The Morgan fingerprint density at radius 3 is 2.62 bits per heavy atom. The molecule has 0 atom stereocenters. The number of amides is 1. The second kappa shape index (κ2) is 10.3. The van der Waals surface area contributed by atoms with E-state index in [1.807, 2.05) is 62.6 Å². The number of nitrogens with zero attached hydrogens (tertiary/aromatic N) is 2. The van der Waals surface area contributed by atoms with Crippen LogP contribution in [0.2, 0.25) is 0 Å². The molecule has 3 N–H and O–H groups in total. The highest BCUT2D eigenvalue weighted by Gasteiger charge is 2.06. The first kappa shape index (κ1) is 19.6. The van der Waals surface area contributed by atoms with Gasteiger partial charge in [0.25, 0.3) is 0 Å². The Kier molecular flexibility index (Phi) is 7.74. The molecule has 140 valence electrons. The van der Waals surface area contributed by atoms with E-state index in [0.29, 0.717) is 18.9 Å². The Morgan fingerprint density at radius 2 is 1.92 bits per heavy atom. The van der Waals surface area contributed by atoms with Gasteiger partial charge >= 0.3 is 0 Å². The molecule has 1 aromatic carbocycles. The average molecular weight is 355 g/mol. The van der Waals surface area contributed by atoms with E-state index >= 15 is 0 Å². The molecular weight excluding hydrogens is 326 g/mol. The zero-order valence-electron chi connectivity index (χ0n) is 15.8. The van der Waals surface area contributed by atoms with Crippen LogP contribution in [0.4, 0.5) is 5.69 Å². The van der Waals surface area contributed by atoms with E-state index in [2.05, 4.69) is 25.5 Å². The Bertz CT molecular complexity index is 707. The molecule has 0 bridgehead atoms. The van der Waals surface area contributed by atoms with Crippen molar-refractivity contribution in [3.63, 3.8) is 0 Å². The molecule has 0 radical (unpaired) electrons. The third kappa shape index (κ3) is 7.01. The number of nitrogens with one attached hydrogen (secondary N) is 3. The van der Waals surface area contributed by atoms with E-state index < -0.39 is 0 Å². The lowest BCUT2D eigenvalue weighted by molar-refractivity contribution is -0.116. The molecule has 6 heteroatoms. The summed E-state index contributed by atoms with van der Waals surface area (Å²) in [7, 11) is 1.76. The van der Waals surface area contributed by atoms with Gasteiger partial charge in [-0.25, -0.2) is 0 Å². The summed E-state index contributed by atoms with van der Waals surface area (Å²) in [5.41, 5.74) is 1.91. The fraction of sp³-hybridized carbons (Fsp3) is 0.400. The van der Waals surface area contributed by atoms with Gasteiger partial charge in [0.2, 0.25) is 5.91 Å². The molecule has 1 heterocycles. The molecule has 0 saturated carbocycles. The van der Waals surface area contributed by atoms with Gasteiger partial charge in [0.05, 0.1) is 0 Å². The third-order valence-electron chi connectivity index (χ3n) is 3.82. The highest BCUT2D eigenvalue weighted by molar-refractivity contribution is 5.90. The van der Waals surface area contributed by atoms with Crippen LogP contribution >= 0.6 is 0 Å². The minimum atomic E-state index is 0.0487. The SMILES string of the molecule is CN=C(NCCn1cccc1)NCc1cccc(NC(=O)CC(C)C)c1. The second-order valence-electron chi connectivity index (χ2n) is 6.62. The Hall–Kier alpha value is -2.76. The first-order chi connectivity index (χ1) is 12.6. The van der Waals surface area contributed by atoms with E-state index in [1.165, 1.54) is 0 Å². The maximum atomic E-state index is 11.9. The second-order valence-corrected chi connectivity index (χ2v) is 6.62. The lowest BCUT2D eigenvalue weighted by Crippen LogP contribution is -2.38. The van der Waals surface area contributed by atoms with E-state index in [0.717, 1.165) is 30.3 Å². The number of aromatic nitrogens is 1. The molecule has 6 nitrogen and oxygen atoms in total. The van der Waals surface area contributed by atoms with Crippen LogP contribution in [-0.4, -0.2) is 30.0 Å². The van der Waals surface area contributed by atoms with Crippen LogP contribution in [0.1, 0.15) is 25.8 Å². The number of hydrogen-bond donors (Lipinski definition) is 3. The van der Waals surface area contributed by atoms with Crippen molar-refractivity contribution in [2.75, 3.05) is 18.9 Å². The van der Waals surface area contributed by atoms with E-state index in [4.69, 9.17) is 0 Å². The molecule has 2 aromatic rings. The molecule has 0 spiro atoms. The number of guanidine groups is 1. The molecule has 0 saturated heterocycles. The van der Waals surface area contributed by atoms with Gasteiger partial charge in [0.1, 0.15) is 0 Å². The topological polar surface area (TPSA) is 70.5 Å². The van der Waals surface area contributed by atoms with Crippen LogP contribution in [0.5, 0.6) is 0 Å². The molecule has 1 aromatic heterocycles. The molecule has 0 aliphatic carbocycles. The number of anilines is 1. The van der Waals surface area contributed by atoms with Crippen molar-refractivity contribution in [3.05, 3.63) is 54.4 Å². The summed E-state index contributed by atoms with van der Waals surface area (Å²) in [6.07, 6.45) is 4.61. The predicted molar refractivity (Wildman–Crippen MR) is 107 cm³/mol. The van der Waals surface area contributed by atoms with Gasteiger partial charge in [-0.05, 0) is 35.7 Å². The van der Waals surface area contributed by atoms with Gasteiger partial charge in [0.15, 0.2) is 5.96 Å². The maximum Gasteiger partial charge on any atom is 0.224 e. The third-order valence-corrected chi connectivity index (χ3v) is 3.82. The largest absolute Gasteiger partial charge is 0.355 e. The quantitative estimate of drug-likeness (QED) is 0.504. The summed E-state index contributed by atoms with van der Waals surface area (Å²) >= 11 is 0. The standard InChI is InChI=1S/C20H29N5O/c1-16(2)13-19(26)24-18-8-6-7-17(14-18)15-23-20(21-3)22-9-12-25-10-4-5-11-25/h4-8,10-11,14,16H,9,12-13,15H2,1-3H3,(H,24,26)(H2,21,22,23). The summed E-state index contributed by atoms with van der Waals surface area (Å²) in [4.78, 5) is 16.1. The molecule has 2 rings (SSSR count). The van der Waals surface area contributed by atoms with Gasteiger partial charge in [0, 0.05) is 51.2 Å². The monoisotopic (exact) mass is 355 g/mol. The van der Waals surface area contributed by atoms with Crippen molar-refractivity contribution in [2.24, 2.45) is 10.9 Å². The van der Waals surface area contributed by atoms with Crippen molar-refractivity contribution >= 4 is 17.6 Å². The highest BCUT2D eigenvalue weighted by atomic mass is 16.1. The Labute approximate surface area is 155 Å². The first-order valence-electron chi connectivity index (χ1n) is 9.01. The summed E-state index contributed by atoms with van der Waals surface area (Å²) in [6, 6.07) is 11.9. The fourth-order valence-corrected chi connectivity index (χ4v) is 2.57. The number of hydrogen-bond acceptors (Lipinski definition) is 2. The van der Waals surface area contributed by atoms with Crippen molar-refractivity contribution in [1.29, 1.82) is 0 Å². The molecule has 0 aliphatic heterocycles. The van der Waals surface area contributed by atoms with Crippen molar-refractivity contribution < 1.29 is 4.79 Å². The maximum absolute atomic E-state index is 11.9. The summed E-state index contributed by atoms with van der Waals surface area (Å²) < 4.78 is 2.11. The van der Waals surface area contributed by atoms with Crippen LogP contribution in [0, 0.1) is 5.92 Å². The zero-order chi connectivity index (χ0) is 18.8. The smallest absolute Gasteiger partial charge is 0.224 e. The highest BCUT2D eigenvalue weighted by Crippen LogP contribution is 2.12. The number of rotatable bonds is 8. The lowest BCUT2D eigenvalue weighted by Gasteiger charge is -2.13. The average Bonchev–Trinajstić information content (AvgIpc) is 3.11. The normalized spacial score (nSPS) is 11.5.